The Morgan fingerprint density at radius 3 is 2.52 bits per heavy atom. The second-order valence-electron chi connectivity index (χ2n) is 9.29. The first-order valence-corrected chi connectivity index (χ1v) is 12.1. The molecule has 2 bridgehead atoms. The molecule has 0 radical (unpaired) electrons. The molecule has 0 aromatic heterocycles. The largest absolute Gasteiger partial charge is 0.481 e. The van der Waals surface area contributed by atoms with Gasteiger partial charge in [-0.05, 0) is 74.3 Å². The molecular formula is C23H33NO4S. The Kier molecular flexibility index (Phi) is 6.54. The zero-order valence-corrected chi connectivity index (χ0v) is 18.4. The van der Waals surface area contributed by atoms with Gasteiger partial charge in [-0.25, -0.2) is 13.1 Å². The standard InChI is InChI=1S/C23H33NO4S/c1-16-10-12-18(13-11-16)29(27,28)24-21-15-17-14-20(23(17,2)3)19(21)8-6-4-5-7-9-22(25)26/h4,6,10-13,17,19-21,24H,5,7-9,14-15H2,1-3H3,(H,25,26)/b6-4-/t17-,19+,20+,21+/m1/s1. The third kappa shape index (κ3) is 4.92. The lowest BCUT2D eigenvalue weighted by molar-refractivity contribution is -0.137. The lowest BCUT2D eigenvalue weighted by atomic mass is 9.44. The summed E-state index contributed by atoms with van der Waals surface area (Å²) in [5.41, 5.74) is 1.30. The smallest absolute Gasteiger partial charge is 0.303 e. The maximum Gasteiger partial charge on any atom is 0.303 e. The molecule has 1 aromatic rings. The Morgan fingerprint density at radius 1 is 1.21 bits per heavy atom. The molecule has 29 heavy (non-hydrogen) atoms. The summed E-state index contributed by atoms with van der Waals surface area (Å²) in [7, 11) is -3.54. The molecule has 3 saturated carbocycles. The van der Waals surface area contributed by atoms with E-state index in [0.717, 1.165) is 24.8 Å². The van der Waals surface area contributed by atoms with Crippen LogP contribution in [0.15, 0.2) is 41.3 Å². The topological polar surface area (TPSA) is 83.5 Å². The van der Waals surface area contributed by atoms with Crippen molar-refractivity contribution < 1.29 is 18.3 Å². The number of rotatable bonds is 9. The number of fused-ring (bicyclic) bond motifs is 2. The van der Waals surface area contributed by atoms with Gasteiger partial charge in [0, 0.05) is 12.5 Å². The van der Waals surface area contributed by atoms with Crippen LogP contribution >= 0.6 is 0 Å². The third-order valence-corrected chi connectivity index (χ3v) is 8.60. The molecule has 160 valence electrons. The molecule has 4 atom stereocenters. The van der Waals surface area contributed by atoms with Crippen LogP contribution in [0.1, 0.15) is 57.9 Å². The van der Waals surface area contributed by atoms with Crippen LogP contribution in [-0.2, 0) is 14.8 Å². The summed E-state index contributed by atoms with van der Waals surface area (Å²) >= 11 is 0. The number of hydrogen-bond acceptors (Lipinski definition) is 3. The lowest BCUT2D eigenvalue weighted by Gasteiger charge is -2.62. The summed E-state index contributed by atoms with van der Waals surface area (Å²) in [6, 6.07) is 6.94. The average Bonchev–Trinajstić information content (AvgIpc) is 2.64. The van der Waals surface area contributed by atoms with E-state index >= 15 is 0 Å². The third-order valence-electron chi connectivity index (χ3n) is 7.09. The van der Waals surface area contributed by atoms with Gasteiger partial charge < -0.3 is 5.11 Å². The number of carboxylic acids is 1. The SMILES string of the molecule is Cc1ccc(S(=O)(=O)N[C@H]2C[C@H]3C[C@@H]([C@@H]2C/C=C\CCCC(=O)O)C3(C)C)cc1. The van der Waals surface area contributed by atoms with Crippen molar-refractivity contribution in [2.45, 2.75) is 70.2 Å². The predicted octanol–water partition coefficient (Wildman–Crippen LogP) is 4.53. The van der Waals surface area contributed by atoms with E-state index in [2.05, 4.69) is 24.6 Å². The molecule has 0 unspecified atom stereocenters. The van der Waals surface area contributed by atoms with Gasteiger partial charge in [0.05, 0.1) is 4.90 Å². The number of carboxylic acid groups (broad SMARTS) is 1. The fourth-order valence-electron chi connectivity index (χ4n) is 5.14. The molecule has 0 saturated heterocycles. The van der Waals surface area contributed by atoms with E-state index in [1.165, 1.54) is 6.42 Å². The van der Waals surface area contributed by atoms with E-state index < -0.39 is 16.0 Å². The van der Waals surface area contributed by atoms with Gasteiger partial charge in [-0.3, -0.25) is 4.79 Å². The number of nitrogens with one attached hydrogen (secondary N) is 1. The van der Waals surface area contributed by atoms with Crippen molar-refractivity contribution in [1.82, 2.24) is 4.72 Å². The van der Waals surface area contributed by atoms with Crippen LogP contribution < -0.4 is 4.72 Å². The number of benzene rings is 1. The highest BCUT2D eigenvalue weighted by molar-refractivity contribution is 7.89. The molecular weight excluding hydrogens is 386 g/mol. The Bertz CT molecular complexity index is 857. The molecule has 4 rings (SSSR count). The van der Waals surface area contributed by atoms with Crippen LogP contribution in [-0.4, -0.2) is 25.5 Å². The van der Waals surface area contributed by atoms with Gasteiger partial charge in [0.1, 0.15) is 0 Å². The summed E-state index contributed by atoms with van der Waals surface area (Å²) in [6.45, 7) is 6.56. The van der Waals surface area contributed by atoms with Crippen molar-refractivity contribution >= 4 is 16.0 Å². The highest BCUT2D eigenvalue weighted by Crippen LogP contribution is 2.62. The number of aliphatic carboxylic acids is 1. The Labute approximate surface area is 174 Å². The minimum atomic E-state index is -3.54. The summed E-state index contributed by atoms with van der Waals surface area (Å²) in [5, 5.41) is 8.73. The van der Waals surface area contributed by atoms with Gasteiger partial charge in [-0.15, -0.1) is 0 Å². The van der Waals surface area contributed by atoms with Crippen LogP contribution in [0.3, 0.4) is 0 Å². The Balaban J connectivity index is 1.68. The van der Waals surface area contributed by atoms with Crippen LogP contribution in [0.2, 0.25) is 0 Å². The van der Waals surface area contributed by atoms with Crippen LogP contribution in [0.4, 0.5) is 0 Å². The summed E-state index contributed by atoms with van der Waals surface area (Å²) in [6.07, 6.45) is 8.62. The first kappa shape index (κ1) is 22.0. The normalized spacial score (nSPS) is 28.2. The fraction of sp³-hybridized carbons (Fsp3) is 0.609. The molecule has 3 fully saturated rings. The number of carbonyl (C=O) groups is 1. The molecule has 5 nitrogen and oxygen atoms in total. The monoisotopic (exact) mass is 419 g/mol. The molecule has 0 spiro atoms. The van der Waals surface area contributed by atoms with Crippen molar-refractivity contribution in [1.29, 1.82) is 0 Å². The molecule has 3 aliphatic carbocycles. The second-order valence-corrected chi connectivity index (χ2v) is 11.0. The van der Waals surface area contributed by atoms with E-state index in [-0.39, 0.29) is 23.8 Å². The van der Waals surface area contributed by atoms with Crippen molar-refractivity contribution in [3.05, 3.63) is 42.0 Å². The molecule has 2 N–H and O–H groups in total. The van der Waals surface area contributed by atoms with Crippen molar-refractivity contribution in [2.75, 3.05) is 0 Å². The van der Waals surface area contributed by atoms with E-state index in [0.29, 0.717) is 23.2 Å². The maximum absolute atomic E-state index is 12.9. The number of unbranched alkanes of at least 4 members (excludes halogenated alkanes) is 1. The minimum absolute atomic E-state index is 0.0539. The zero-order valence-electron chi connectivity index (χ0n) is 17.6. The van der Waals surface area contributed by atoms with E-state index in [1.54, 1.807) is 12.1 Å². The zero-order chi connectivity index (χ0) is 21.2. The second kappa shape index (κ2) is 8.60. The number of hydrogen-bond donors (Lipinski definition) is 2. The highest BCUT2D eigenvalue weighted by atomic mass is 32.2. The summed E-state index contributed by atoms with van der Waals surface area (Å²) in [5.74, 6) is 0.578. The molecule has 0 aliphatic heterocycles. The van der Waals surface area contributed by atoms with Crippen molar-refractivity contribution in [3.63, 3.8) is 0 Å². The Morgan fingerprint density at radius 2 is 1.90 bits per heavy atom. The van der Waals surface area contributed by atoms with E-state index in [1.807, 2.05) is 25.1 Å². The van der Waals surface area contributed by atoms with Crippen LogP contribution in [0, 0.1) is 30.1 Å². The van der Waals surface area contributed by atoms with Crippen LogP contribution in [0.5, 0.6) is 0 Å². The number of allylic oxidation sites excluding steroid dienone is 2. The highest BCUT2D eigenvalue weighted by Gasteiger charge is 2.57. The first-order valence-electron chi connectivity index (χ1n) is 10.6. The fourth-order valence-corrected chi connectivity index (χ4v) is 6.44. The van der Waals surface area contributed by atoms with Gasteiger partial charge in [0.25, 0.3) is 0 Å². The average molecular weight is 420 g/mol. The minimum Gasteiger partial charge on any atom is -0.481 e. The summed E-state index contributed by atoms with van der Waals surface area (Å²) in [4.78, 5) is 10.9. The first-order chi connectivity index (χ1) is 13.6. The quantitative estimate of drug-likeness (QED) is 0.455. The van der Waals surface area contributed by atoms with Gasteiger partial charge in [-0.2, -0.15) is 0 Å². The van der Waals surface area contributed by atoms with Gasteiger partial charge in [0.2, 0.25) is 10.0 Å². The van der Waals surface area contributed by atoms with E-state index in [4.69, 9.17) is 5.11 Å². The maximum atomic E-state index is 12.9. The van der Waals surface area contributed by atoms with Crippen LogP contribution in [0.25, 0.3) is 0 Å². The molecule has 6 heteroatoms. The van der Waals surface area contributed by atoms with E-state index in [9.17, 15) is 13.2 Å². The molecule has 3 aliphatic rings. The number of sulfonamides is 1. The predicted molar refractivity (Wildman–Crippen MR) is 114 cm³/mol. The van der Waals surface area contributed by atoms with Gasteiger partial charge in [-0.1, -0.05) is 43.7 Å². The van der Waals surface area contributed by atoms with Crippen molar-refractivity contribution in [2.24, 2.45) is 23.2 Å². The van der Waals surface area contributed by atoms with Crippen molar-refractivity contribution in [3.8, 4) is 0 Å². The van der Waals surface area contributed by atoms with Gasteiger partial charge >= 0.3 is 5.97 Å². The summed E-state index contributed by atoms with van der Waals surface area (Å²) < 4.78 is 28.9. The van der Waals surface area contributed by atoms with Gasteiger partial charge in [0.15, 0.2) is 0 Å². The molecule has 0 amide bonds. The molecule has 0 heterocycles. The number of aryl methyl sites for hydroxylation is 1. The lowest BCUT2D eigenvalue weighted by Crippen LogP contribution is -2.61. The molecule has 1 aromatic carbocycles. The Hall–Kier alpha value is -1.66.